The molecule has 0 spiro atoms. The molecular weight excluding hydrogens is 240 g/mol. The van der Waals surface area contributed by atoms with Crippen LogP contribution in [0.25, 0.3) is 0 Å². The van der Waals surface area contributed by atoms with Crippen LogP contribution < -0.4 is 5.32 Å². The van der Waals surface area contributed by atoms with Crippen LogP contribution in [0.5, 0.6) is 0 Å². The molecule has 0 aliphatic carbocycles. The average molecular weight is 268 g/mol. The Kier molecular flexibility index (Phi) is 4.85. The summed E-state index contributed by atoms with van der Waals surface area (Å²) in [5.74, 6) is 0.654. The lowest BCUT2D eigenvalue weighted by molar-refractivity contribution is -0.136. The van der Waals surface area contributed by atoms with Crippen molar-refractivity contribution in [2.75, 3.05) is 6.61 Å². The molecule has 2 fully saturated rings. The summed E-state index contributed by atoms with van der Waals surface area (Å²) in [6, 6.07) is 0.346. The first-order valence-electron chi connectivity index (χ1n) is 7.74. The topological polar surface area (TPSA) is 41.6 Å². The van der Waals surface area contributed by atoms with Gasteiger partial charge in [-0.2, -0.15) is 0 Å². The molecule has 4 atom stereocenters. The quantitative estimate of drug-likeness (QED) is 0.849. The Hall–Kier alpha value is -0.610. The predicted octanol–water partition coefficient (Wildman–Crippen LogP) is 2.14. The van der Waals surface area contributed by atoms with Crippen LogP contribution in [0.1, 0.15) is 53.4 Å². The van der Waals surface area contributed by atoms with E-state index in [1.165, 1.54) is 0 Å². The largest absolute Gasteiger partial charge is 0.378 e. The van der Waals surface area contributed by atoms with E-state index in [0.717, 1.165) is 32.3 Å². The molecule has 0 saturated carbocycles. The van der Waals surface area contributed by atoms with Crippen LogP contribution >= 0.6 is 0 Å². The molecule has 2 aliphatic rings. The summed E-state index contributed by atoms with van der Waals surface area (Å²) >= 11 is 0. The Morgan fingerprint density at radius 3 is 2.79 bits per heavy atom. The van der Waals surface area contributed by atoms with Crippen molar-refractivity contribution in [3.05, 3.63) is 0 Å². The number of nitrogens with zero attached hydrogens (tertiary/aromatic N) is 1. The first-order valence-corrected chi connectivity index (χ1v) is 7.74. The van der Waals surface area contributed by atoms with Crippen molar-refractivity contribution in [3.63, 3.8) is 0 Å². The van der Waals surface area contributed by atoms with Crippen LogP contribution in [-0.2, 0) is 9.53 Å². The Bertz CT molecular complexity index is 319. The van der Waals surface area contributed by atoms with Crippen molar-refractivity contribution in [2.24, 2.45) is 5.92 Å². The molecule has 4 unspecified atom stereocenters. The zero-order valence-electron chi connectivity index (χ0n) is 12.7. The highest BCUT2D eigenvalue weighted by molar-refractivity contribution is 5.85. The van der Waals surface area contributed by atoms with Crippen molar-refractivity contribution < 1.29 is 9.53 Å². The Labute approximate surface area is 116 Å². The molecule has 2 heterocycles. The number of rotatable bonds is 4. The highest BCUT2D eigenvalue weighted by atomic mass is 16.5. The maximum Gasteiger partial charge on any atom is 0.241 e. The Balaban J connectivity index is 2.12. The van der Waals surface area contributed by atoms with Crippen LogP contribution in [-0.4, -0.2) is 41.8 Å². The maximum atomic E-state index is 12.7. The minimum atomic E-state index is -0.00491. The van der Waals surface area contributed by atoms with Gasteiger partial charge in [0, 0.05) is 12.6 Å². The van der Waals surface area contributed by atoms with E-state index in [9.17, 15) is 4.79 Å². The lowest BCUT2D eigenvalue weighted by Gasteiger charge is -2.37. The van der Waals surface area contributed by atoms with Crippen LogP contribution in [0, 0.1) is 5.92 Å². The van der Waals surface area contributed by atoms with Crippen molar-refractivity contribution in [3.8, 4) is 0 Å². The molecule has 0 radical (unpaired) electrons. The van der Waals surface area contributed by atoms with Crippen LogP contribution in [0.4, 0.5) is 0 Å². The molecule has 1 N–H and O–H groups in total. The van der Waals surface area contributed by atoms with Crippen LogP contribution in [0.3, 0.4) is 0 Å². The van der Waals surface area contributed by atoms with Gasteiger partial charge in [0.05, 0.1) is 18.3 Å². The molecule has 4 nitrogen and oxygen atoms in total. The van der Waals surface area contributed by atoms with Gasteiger partial charge >= 0.3 is 0 Å². The monoisotopic (exact) mass is 268 g/mol. The normalized spacial score (nSPS) is 36.3. The van der Waals surface area contributed by atoms with Crippen molar-refractivity contribution in [1.29, 1.82) is 0 Å². The highest BCUT2D eigenvalue weighted by Gasteiger charge is 2.43. The Morgan fingerprint density at radius 1 is 1.47 bits per heavy atom. The second kappa shape index (κ2) is 6.23. The minimum absolute atomic E-state index is 0.00491. The maximum absolute atomic E-state index is 12.7. The third-order valence-electron chi connectivity index (χ3n) is 4.31. The van der Waals surface area contributed by atoms with E-state index in [2.05, 4.69) is 37.9 Å². The molecule has 2 saturated heterocycles. The lowest BCUT2D eigenvalue weighted by atomic mass is 10.00. The summed E-state index contributed by atoms with van der Waals surface area (Å²) in [5.41, 5.74) is 0. The van der Waals surface area contributed by atoms with Gasteiger partial charge in [0.25, 0.3) is 0 Å². The van der Waals surface area contributed by atoms with E-state index in [-0.39, 0.29) is 18.3 Å². The molecule has 2 aliphatic heterocycles. The number of nitrogens with one attached hydrogen (secondary N) is 1. The molecule has 110 valence electrons. The molecule has 0 aromatic carbocycles. The summed E-state index contributed by atoms with van der Waals surface area (Å²) in [6.45, 7) is 9.30. The second-order valence-electron chi connectivity index (χ2n) is 6.30. The third kappa shape index (κ3) is 3.11. The summed E-state index contributed by atoms with van der Waals surface area (Å²) in [6.07, 6.45) is 4.58. The van der Waals surface area contributed by atoms with Gasteiger partial charge in [-0.05, 0) is 32.1 Å². The standard InChI is InChI=1S/C15H28N2O2/c1-5-6-13-16-14(10(2)3)15(18)17(13)12-7-8-19-11(4)9-12/h10-14,16H,5-9H2,1-4H3. The van der Waals surface area contributed by atoms with Crippen LogP contribution in [0.15, 0.2) is 0 Å². The molecule has 1 amide bonds. The fourth-order valence-electron chi connectivity index (χ4n) is 3.31. The first kappa shape index (κ1) is 14.8. The van der Waals surface area contributed by atoms with Gasteiger partial charge in [-0.25, -0.2) is 0 Å². The average Bonchev–Trinajstić information content (AvgIpc) is 2.67. The zero-order chi connectivity index (χ0) is 14.0. The lowest BCUT2D eigenvalue weighted by Crippen LogP contribution is -2.48. The molecular formula is C15H28N2O2. The highest BCUT2D eigenvalue weighted by Crippen LogP contribution is 2.28. The van der Waals surface area contributed by atoms with Gasteiger partial charge < -0.3 is 9.64 Å². The Morgan fingerprint density at radius 2 is 2.21 bits per heavy atom. The summed E-state index contributed by atoms with van der Waals surface area (Å²) < 4.78 is 5.61. The van der Waals surface area contributed by atoms with Gasteiger partial charge in [-0.3, -0.25) is 10.1 Å². The molecule has 0 aromatic rings. The van der Waals surface area contributed by atoms with Crippen molar-refractivity contribution in [2.45, 2.75) is 77.7 Å². The number of hydrogen-bond acceptors (Lipinski definition) is 3. The fraction of sp³-hybridized carbons (Fsp3) is 0.933. The molecule has 4 heteroatoms. The number of amides is 1. The van der Waals surface area contributed by atoms with Gasteiger partial charge in [0.1, 0.15) is 0 Å². The number of carbonyl (C=O) groups excluding carboxylic acids is 1. The first-order chi connectivity index (χ1) is 9.04. The third-order valence-corrected chi connectivity index (χ3v) is 4.31. The number of carbonyl (C=O) groups is 1. The summed E-state index contributed by atoms with van der Waals surface area (Å²) in [5, 5.41) is 3.54. The van der Waals surface area contributed by atoms with Gasteiger partial charge in [0.2, 0.25) is 5.91 Å². The van der Waals surface area contributed by atoms with Gasteiger partial charge in [-0.1, -0.05) is 27.2 Å². The van der Waals surface area contributed by atoms with E-state index >= 15 is 0 Å². The SMILES string of the molecule is CCCC1NC(C(C)C)C(=O)N1C1CCOC(C)C1. The van der Waals surface area contributed by atoms with Crippen LogP contribution in [0.2, 0.25) is 0 Å². The molecule has 2 rings (SSSR count). The summed E-state index contributed by atoms with van der Waals surface area (Å²) in [7, 11) is 0. The summed E-state index contributed by atoms with van der Waals surface area (Å²) in [4.78, 5) is 14.8. The predicted molar refractivity (Wildman–Crippen MR) is 75.7 cm³/mol. The number of hydrogen-bond donors (Lipinski definition) is 1. The van der Waals surface area contributed by atoms with Crippen molar-refractivity contribution in [1.82, 2.24) is 10.2 Å². The van der Waals surface area contributed by atoms with E-state index in [1.54, 1.807) is 0 Å². The van der Waals surface area contributed by atoms with E-state index in [0.29, 0.717) is 17.9 Å². The van der Waals surface area contributed by atoms with E-state index in [4.69, 9.17) is 4.74 Å². The molecule has 0 bridgehead atoms. The van der Waals surface area contributed by atoms with E-state index in [1.807, 2.05) is 0 Å². The minimum Gasteiger partial charge on any atom is -0.378 e. The number of ether oxygens (including phenoxy) is 1. The molecule has 19 heavy (non-hydrogen) atoms. The van der Waals surface area contributed by atoms with Gasteiger partial charge in [0.15, 0.2) is 0 Å². The zero-order valence-corrected chi connectivity index (χ0v) is 12.7. The van der Waals surface area contributed by atoms with E-state index < -0.39 is 0 Å². The smallest absolute Gasteiger partial charge is 0.241 e. The molecule has 0 aromatic heterocycles. The van der Waals surface area contributed by atoms with Gasteiger partial charge in [-0.15, -0.1) is 0 Å². The van der Waals surface area contributed by atoms with Crippen molar-refractivity contribution >= 4 is 5.91 Å². The second-order valence-corrected chi connectivity index (χ2v) is 6.30. The fourth-order valence-corrected chi connectivity index (χ4v) is 3.31.